The molecule has 22 heavy (non-hydrogen) atoms. The average Bonchev–Trinajstić information content (AvgIpc) is 2.90. The third kappa shape index (κ3) is 3.38. The number of hydrogen-bond acceptors (Lipinski definition) is 1. The van der Waals surface area contributed by atoms with Crippen LogP contribution >= 0.6 is 0 Å². The Bertz CT molecular complexity index is 713. The van der Waals surface area contributed by atoms with Gasteiger partial charge in [0.25, 0.3) is 0 Å². The standard InChI is InChI=1S/C20H24N2/c1-2-3-4-10-15-22-19-14-9-8-13-18(19)21-20(22)16-17-11-6-5-7-12-17/h5-9,11-14H,2-4,10,15-16H2,1H3. The number of aromatic nitrogens is 2. The first-order valence-corrected chi connectivity index (χ1v) is 8.36. The molecule has 2 nitrogen and oxygen atoms in total. The highest BCUT2D eigenvalue weighted by molar-refractivity contribution is 5.76. The van der Waals surface area contributed by atoms with Gasteiger partial charge in [0.1, 0.15) is 5.82 Å². The second-order valence-electron chi connectivity index (χ2n) is 5.89. The topological polar surface area (TPSA) is 17.8 Å². The lowest BCUT2D eigenvalue weighted by Crippen LogP contribution is -2.05. The van der Waals surface area contributed by atoms with Crippen molar-refractivity contribution in [1.29, 1.82) is 0 Å². The van der Waals surface area contributed by atoms with Crippen molar-refractivity contribution in [2.45, 2.75) is 45.6 Å². The fourth-order valence-corrected chi connectivity index (χ4v) is 2.98. The van der Waals surface area contributed by atoms with Crippen LogP contribution in [-0.4, -0.2) is 9.55 Å². The molecule has 0 saturated heterocycles. The summed E-state index contributed by atoms with van der Waals surface area (Å²) in [5.74, 6) is 1.18. The Kier molecular flexibility index (Phi) is 4.89. The molecule has 0 aliphatic heterocycles. The Morgan fingerprint density at radius 3 is 2.45 bits per heavy atom. The van der Waals surface area contributed by atoms with E-state index in [9.17, 15) is 0 Å². The summed E-state index contributed by atoms with van der Waals surface area (Å²) in [5.41, 5.74) is 3.71. The zero-order chi connectivity index (χ0) is 15.2. The van der Waals surface area contributed by atoms with Crippen LogP contribution in [0.25, 0.3) is 11.0 Å². The molecule has 0 atom stereocenters. The minimum atomic E-state index is 0.906. The molecule has 114 valence electrons. The van der Waals surface area contributed by atoms with Crippen molar-refractivity contribution in [3.8, 4) is 0 Å². The molecule has 0 N–H and O–H groups in total. The Morgan fingerprint density at radius 2 is 1.64 bits per heavy atom. The minimum Gasteiger partial charge on any atom is -0.328 e. The van der Waals surface area contributed by atoms with Crippen LogP contribution < -0.4 is 0 Å². The van der Waals surface area contributed by atoms with E-state index >= 15 is 0 Å². The van der Waals surface area contributed by atoms with Crippen LogP contribution in [-0.2, 0) is 13.0 Å². The zero-order valence-corrected chi connectivity index (χ0v) is 13.3. The van der Waals surface area contributed by atoms with Gasteiger partial charge in [0.05, 0.1) is 11.0 Å². The van der Waals surface area contributed by atoms with Gasteiger partial charge in [-0.15, -0.1) is 0 Å². The third-order valence-electron chi connectivity index (χ3n) is 4.17. The smallest absolute Gasteiger partial charge is 0.114 e. The predicted octanol–water partition coefficient (Wildman–Crippen LogP) is 5.21. The number of benzene rings is 2. The van der Waals surface area contributed by atoms with E-state index in [1.54, 1.807) is 0 Å². The number of unbranched alkanes of at least 4 members (excludes halogenated alkanes) is 3. The van der Waals surface area contributed by atoms with E-state index < -0.39 is 0 Å². The lowest BCUT2D eigenvalue weighted by Gasteiger charge is -2.09. The lowest BCUT2D eigenvalue weighted by molar-refractivity contribution is 0.578. The summed E-state index contributed by atoms with van der Waals surface area (Å²) < 4.78 is 2.41. The molecule has 2 aromatic carbocycles. The van der Waals surface area contributed by atoms with Crippen LogP contribution in [0.15, 0.2) is 54.6 Å². The van der Waals surface area contributed by atoms with Crippen LogP contribution in [0.3, 0.4) is 0 Å². The van der Waals surface area contributed by atoms with E-state index in [1.807, 2.05) is 0 Å². The molecule has 0 bridgehead atoms. The van der Waals surface area contributed by atoms with Gasteiger partial charge in [-0.1, -0.05) is 68.7 Å². The Hall–Kier alpha value is -2.09. The number of para-hydroxylation sites is 2. The first-order valence-electron chi connectivity index (χ1n) is 8.36. The normalized spacial score (nSPS) is 11.1. The van der Waals surface area contributed by atoms with E-state index in [1.165, 1.54) is 42.6 Å². The maximum absolute atomic E-state index is 4.87. The van der Waals surface area contributed by atoms with Gasteiger partial charge in [0.2, 0.25) is 0 Å². The van der Waals surface area contributed by atoms with Crippen molar-refractivity contribution < 1.29 is 0 Å². The summed E-state index contributed by atoms with van der Waals surface area (Å²) in [6, 6.07) is 19.1. The molecule has 1 heterocycles. The summed E-state index contributed by atoms with van der Waals surface area (Å²) >= 11 is 0. The van der Waals surface area contributed by atoms with Gasteiger partial charge in [-0.05, 0) is 24.1 Å². The Labute approximate surface area is 132 Å². The molecule has 0 radical (unpaired) electrons. The largest absolute Gasteiger partial charge is 0.328 e. The highest BCUT2D eigenvalue weighted by Gasteiger charge is 2.10. The first kappa shape index (κ1) is 14.8. The third-order valence-corrected chi connectivity index (χ3v) is 4.17. The van der Waals surface area contributed by atoms with Crippen LogP contribution in [0.4, 0.5) is 0 Å². The number of aryl methyl sites for hydroxylation is 1. The number of imidazole rings is 1. The highest BCUT2D eigenvalue weighted by Crippen LogP contribution is 2.19. The number of fused-ring (bicyclic) bond motifs is 1. The van der Waals surface area contributed by atoms with Crippen molar-refractivity contribution in [2.75, 3.05) is 0 Å². The predicted molar refractivity (Wildman–Crippen MR) is 93.1 cm³/mol. The Balaban J connectivity index is 1.87. The molecule has 0 aliphatic rings. The van der Waals surface area contributed by atoms with Crippen molar-refractivity contribution in [1.82, 2.24) is 9.55 Å². The fraction of sp³-hybridized carbons (Fsp3) is 0.350. The highest BCUT2D eigenvalue weighted by atomic mass is 15.1. The van der Waals surface area contributed by atoms with Crippen molar-refractivity contribution >= 4 is 11.0 Å². The van der Waals surface area contributed by atoms with E-state index in [2.05, 4.69) is 66.1 Å². The quantitative estimate of drug-likeness (QED) is 0.547. The number of rotatable bonds is 7. The minimum absolute atomic E-state index is 0.906. The SMILES string of the molecule is CCCCCCn1c(Cc2ccccc2)nc2ccccc21. The molecule has 0 amide bonds. The second-order valence-corrected chi connectivity index (χ2v) is 5.89. The summed E-state index contributed by atoms with van der Waals surface area (Å²) in [4.78, 5) is 4.87. The van der Waals surface area contributed by atoms with Crippen LogP contribution in [0.2, 0.25) is 0 Å². The first-order chi connectivity index (χ1) is 10.9. The maximum atomic E-state index is 4.87. The monoisotopic (exact) mass is 292 g/mol. The molecule has 0 saturated carbocycles. The summed E-state index contributed by atoms with van der Waals surface area (Å²) in [5, 5.41) is 0. The van der Waals surface area contributed by atoms with Crippen LogP contribution in [0.1, 0.15) is 44.0 Å². The molecule has 1 aromatic heterocycles. The molecule has 0 spiro atoms. The van der Waals surface area contributed by atoms with Crippen molar-refractivity contribution in [2.24, 2.45) is 0 Å². The van der Waals surface area contributed by atoms with Gasteiger partial charge < -0.3 is 4.57 Å². The molecule has 0 aliphatic carbocycles. The lowest BCUT2D eigenvalue weighted by atomic mass is 10.1. The van der Waals surface area contributed by atoms with Crippen LogP contribution in [0, 0.1) is 0 Å². The van der Waals surface area contributed by atoms with Crippen LogP contribution in [0.5, 0.6) is 0 Å². The molecular formula is C20H24N2. The molecule has 0 unspecified atom stereocenters. The van der Waals surface area contributed by atoms with E-state index in [0.717, 1.165) is 18.5 Å². The van der Waals surface area contributed by atoms with E-state index in [4.69, 9.17) is 4.98 Å². The summed E-state index contributed by atoms with van der Waals surface area (Å²) in [6.45, 7) is 3.33. The average molecular weight is 292 g/mol. The molecule has 3 aromatic rings. The molecule has 3 rings (SSSR count). The van der Waals surface area contributed by atoms with Gasteiger partial charge in [-0.2, -0.15) is 0 Å². The summed E-state index contributed by atoms with van der Waals surface area (Å²) in [7, 11) is 0. The van der Waals surface area contributed by atoms with E-state index in [-0.39, 0.29) is 0 Å². The van der Waals surface area contributed by atoms with Gasteiger partial charge >= 0.3 is 0 Å². The van der Waals surface area contributed by atoms with Gasteiger partial charge in [0, 0.05) is 13.0 Å². The van der Waals surface area contributed by atoms with E-state index in [0.29, 0.717) is 0 Å². The van der Waals surface area contributed by atoms with Gasteiger partial charge in [0.15, 0.2) is 0 Å². The molecule has 2 heteroatoms. The molecule has 0 fully saturated rings. The maximum Gasteiger partial charge on any atom is 0.114 e. The van der Waals surface area contributed by atoms with Gasteiger partial charge in [-0.3, -0.25) is 0 Å². The second kappa shape index (κ2) is 7.26. The summed E-state index contributed by atoms with van der Waals surface area (Å²) in [6.07, 6.45) is 6.04. The molecular weight excluding hydrogens is 268 g/mol. The van der Waals surface area contributed by atoms with Gasteiger partial charge in [-0.25, -0.2) is 4.98 Å². The van der Waals surface area contributed by atoms with Crippen molar-refractivity contribution in [3.05, 3.63) is 66.0 Å². The zero-order valence-electron chi connectivity index (χ0n) is 13.3. The van der Waals surface area contributed by atoms with Crippen molar-refractivity contribution in [3.63, 3.8) is 0 Å². The Morgan fingerprint density at radius 1 is 0.864 bits per heavy atom. The fourth-order valence-electron chi connectivity index (χ4n) is 2.98. The number of hydrogen-bond donors (Lipinski definition) is 0. The number of nitrogens with zero attached hydrogens (tertiary/aromatic N) is 2.